The van der Waals surface area contributed by atoms with Gasteiger partial charge in [0.2, 0.25) is 5.89 Å². The number of carbonyl (C=O) groups excluding carboxylic acids is 1. The second kappa shape index (κ2) is 7.07. The van der Waals surface area contributed by atoms with Crippen molar-refractivity contribution in [3.8, 4) is 0 Å². The molecule has 2 aromatic rings. The fourth-order valence-corrected chi connectivity index (χ4v) is 3.89. The smallest absolute Gasteiger partial charge is 0.320 e. The van der Waals surface area contributed by atoms with E-state index >= 15 is 0 Å². The van der Waals surface area contributed by atoms with Crippen LogP contribution in [-0.4, -0.2) is 63.1 Å². The van der Waals surface area contributed by atoms with Gasteiger partial charge in [0.05, 0.1) is 0 Å². The van der Waals surface area contributed by atoms with E-state index < -0.39 is 0 Å². The van der Waals surface area contributed by atoms with Crippen LogP contribution < -0.4 is 0 Å². The Morgan fingerprint density at radius 2 is 2.00 bits per heavy atom. The standard InChI is InChI=1S/C19H25N5O2/c1-14-5-3-4-6-16(14)11-22-8-7-17(12-22)24-10-9-23(19(24)25)13-18-20-15(2)21-26-18/h3-6,17H,7-13H2,1-2H3. The van der Waals surface area contributed by atoms with Crippen molar-refractivity contribution in [1.82, 2.24) is 24.8 Å². The Morgan fingerprint density at radius 3 is 2.77 bits per heavy atom. The zero-order chi connectivity index (χ0) is 18.1. The van der Waals surface area contributed by atoms with Gasteiger partial charge in [0.1, 0.15) is 6.54 Å². The number of hydrogen-bond donors (Lipinski definition) is 0. The average Bonchev–Trinajstić information content (AvgIpc) is 3.33. The first-order chi connectivity index (χ1) is 12.6. The zero-order valence-electron chi connectivity index (χ0n) is 15.4. The predicted molar refractivity (Wildman–Crippen MR) is 96.4 cm³/mol. The average molecular weight is 355 g/mol. The van der Waals surface area contributed by atoms with Crippen LogP contribution in [-0.2, 0) is 13.1 Å². The van der Waals surface area contributed by atoms with Crippen molar-refractivity contribution in [3.05, 3.63) is 47.1 Å². The summed E-state index contributed by atoms with van der Waals surface area (Å²) in [5.41, 5.74) is 2.70. The summed E-state index contributed by atoms with van der Waals surface area (Å²) in [5, 5.41) is 3.79. The van der Waals surface area contributed by atoms with E-state index in [-0.39, 0.29) is 6.03 Å². The number of aryl methyl sites for hydroxylation is 2. The van der Waals surface area contributed by atoms with Crippen molar-refractivity contribution in [3.63, 3.8) is 0 Å². The van der Waals surface area contributed by atoms with Gasteiger partial charge >= 0.3 is 6.03 Å². The third kappa shape index (κ3) is 3.44. The molecule has 7 nitrogen and oxygen atoms in total. The number of carbonyl (C=O) groups is 1. The number of benzene rings is 1. The van der Waals surface area contributed by atoms with Crippen LogP contribution in [0.15, 0.2) is 28.8 Å². The van der Waals surface area contributed by atoms with Crippen LogP contribution >= 0.6 is 0 Å². The van der Waals surface area contributed by atoms with Gasteiger partial charge in [-0.25, -0.2) is 4.79 Å². The number of amides is 2. The Balaban J connectivity index is 1.34. The predicted octanol–water partition coefficient (Wildman–Crippen LogP) is 2.20. The number of likely N-dealkylation sites (tertiary alicyclic amines) is 1. The van der Waals surface area contributed by atoms with Crippen LogP contribution in [0.3, 0.4) is 0 Å². The van der Waals surface area contributed by atoms with Crippen LogP contribution in [0, 0.1) is 13.8 Å². The Bertz CT molecular complexity index is 790. The van der Waals surface area contributed by atoms with Gasteiger partial charge in [-0.3, -0.25) is 4.90 Å². The third-order valence-electron chi connectivity index (χ3n) is 5.37. The highest BCUT2D eigenvalue weighted by atomic mass is 16.5. The summed E-state index contributed by atoms with van der Waals surface area (Å²) in [6, 6.07) is 8.90. The molecular formula is C19H25N5O2. The first-order valence-electron chi connectivity index (χ1n) is 9.22. The Hall–Kier alpha value is -2.41. The molecule has 4 rings (SSSR count). The number of hydrogen-bond acceptors (Lipinski definition) is 5. The van der Waals surface area contributed by atoms with E-state index in [1.165, 1.54) is 11.1 Å². The monoisotopic (exact) mass is 355 g/mol. The first kappa shape index (κ1) is 17.0. The molecule has 2 saturated heterocycles. The van der Waals surface area contributed by atoms with E-state index in [0.29, 0.717) is 30.8 Å². The minimum absolute atomic E-state index is 0.0867. The second-order valence-electron chi connectivity index (χ2n) is 7.24. The lowest BCUT2D eigenvalue weighted by Crippen LogP contribution is -2.40. The van der Waals surface area contributed by atoms with Gasteiger partial charge in [-0.15, -0.1) is 0 Å². The lowest BCUT2D eigenvalue weighted by molar-refractivity contribution is 0.170. The number of aromatic nitrogens is 2. The summed E-state index contributed by atoms with van der Waals surface area (Å²) in [4.78, 5) is 23.2. The third-order valence-corrected chi connectivity index (χ3v) is 5.37. The zero-order valence-corrected chi connectivity index (χ0v) is 15.4. The van der Waals surface area contributed by atoms with Crippen LogP contribution in [0.4, 0.5) is 4.79 Å². The van der Waals surface area contributed by atoms with E-state index in [0.717, 1.165) is 32.6 Å². The summed E-state index contributed by atoms with van der Waals surface area (Å²) in [5.74, 6) is 1.11. The molecule has 2 amide bonds. The summed E-state index contributed by atoms with van der Waals surface area (Å²) < 4.78 is 5.15. The molecule has 1 atom stereocenters. The largest absolute Gasteiger partial charge is 0.337 e. The summed E-state index contributed by atoms with van der Waals surface area (Å²) in [6.45, 7) is 8.76. The topological polar surface area (TPSA) is 65.7 Å². The molecule has 2 aliphatic rings. The van der Waals surface area contributed by atoms with Crippen LogP contribution in [0.5, 0.6) is 0 Å². The molecule has 0 spiro atoms. The summed E-state index contributed by atoms with van der Waals surface area (Å²) in [7, 11) is 0. The molecule has 0 bridgehead atoms. The SMILES string of the molecule is Cc1noc(CN2CCN(C3CCN(Cc4ccccc4C)C3)C2=O)n1. The highest BCUT2D eigenvalue weighted by Gasteiger charge is 2.37. The van der Waals surface area contributed by atoms with Crippen molar-refractivity contribution < 1.29 is 9.32 Å². The van der Waals surface area contributed by atoms with Gasteiger partial charge in [0.25, 0.3) is 0 Å². The first-order valence-corrected chi connectivity index (χ1v) is 9.22. The molecule has 138 valence electrons. The van der Waals surface area contributed by atoms with Gasteiger partial charge < -0.3 is 14.3 Å². The lowest BCUT2D eigenvalue weighted by atomic mass is 10.1. The molecule has 1 unspecified atom stereocenters. The molecular weight excluding hydrogens is 330 g/mol. The molecule has 1 aromatic heterocycles. The van der Waals surface area contributed by atoms with Crippen molar-refractivity contribution >= 4 is 6.03 Å². The summed E-state index contributed by atoms with van der Waals surface area (Å²) in [6.07, 6.45) is 1.03. The van der Waals surface area contributed by atoms with Gasteiger partial charge in [-0.05, 0) is 31.4 Å². The highest BCUT2D eigenvalue weighted by Crippen LogP contribution is 2.23. The normalized spacial score (nSPS) is 21.2. The minimum Gasteiger partial charge on any atom is -0.337 e. The van der Waals surface area contributed by atoms with Crippen LogP contribution in [0.25, 0.3) is 0 Å². The maximum absolute atomic E-state index is 12.8. The molecule has 0 aliphatic carbocycles. The summed E-state index contributed by atoms with van der Waals surface area (Å²) >= 11 is 0. The van der Waals surface area contributed by atoms with Crippen molar-refractivity contribution in [2.75, 3.05) is 26.2 Å². The fourth-order valence-electron chi connectivity index (χ4n) is 3.89. The molecule has 0 radical (unpaired) electrons. The molecule has 3 heterocycles. The maximum Gasteiger partial charge on any atom is 0.320 e. The molecule has 2 aliphatic heterocycles. The highest BCUT2D eigenvalue weighted by molar-refractivity contribution is 5.76. The molecule has 2 fully saturated rings. The van der Waals surface area contributed by atoms with Crippen molar-refractivity contribution in [1.29, 1.82) is 0 Å². The Kier molecular flexibility index (Phi) is 4.63. The number of rotatable bonds is 5. The van der Waals surface area contributed by atoms with E-state index in [9.17, 15) is 4.79 Å². The quantitative estimate of drug-likeness (QED) is 0.823. The van der Waals surface area contributed by atoms with Crippen molar-refractivity contribution in [2.45, 2.75) is 39.4 Å². The van der Waals surface area contributed by atoms with E-state index in [4.69, 9.17) is 4.52 Å². The molecule has 1 aromatic carbocycles. The number of urea groups is 1. The van der Waals surface area contributed by atoms with Crippen molar-refractivity contribution in [2.24, 2.45) is 0 Å². The Morgan fingerprint density at radius 1 is 1.15 bits per heavy atom. The molecule has 7 heteroatoms. The lowest BCUT2D eigenvalue weighted by Gasteiger charge is -2.24. The fraction of sp³-hybridized carbons (Fsp3) is 0.526. The second-order valence-corrected chi connectivity index (χ2v) is 7.24. The van der Waals surface area contributed by atoms with Gasteiger partial charge in [-0.2, -0.15) is 4.98 Å². The molecule has 0 saturated carbocycles. The van der Waals surface area contributed by atoms with E-state index in [1.807, 2.05) is 4.90 Å². The van der Waals surface area contributed by atoms with Crippen LogP contribution in [0.1, 0.15) is 29.3 Å². The van der Waals surface area contributed by atoms with E-state index in [1.54, 1.807) is 11.8 Å². The van der Waals surface area contributed by atoms with Gasteiger partial charge in [-0.1, -0.05) is 29.4 Å². The van der Waals surface area contributed by atoms with Gasteiger partial charge in [0, 0.05) is 38.8 Å². The maximum atomic E-state index is 12.8. The van der Waals surface area contributed by atoms with Crippen LogP contribution in [0.2, 0.25) is 0 Å². The van der Waals surface area contributed by atoms with E-state index in [2.05, 4.69) is 46.2 Å². The molecule has 0 N–H and O–H groups in total. The number of nitrogens with zero attached hydrogens (tertiary/aromatic N) is 5. The molecule has 26 heavy (non-hydrogen) atoms. The Labute approximate surface area is 153 Å². The minimum atomic E-state index is 0.0867. The van der Waals surface area contributed by atoms with Gasteiger partial charge in [0.15, 0.2) is 5.82 Å².